The molecule has 0 saturated heterocycles. The molecule has 0 amide bonds. The predicted molar refractivity (Wildman–Crippen MR) is 66.6 cm³/mol. The average molecular weight is 275 g/mol. The van der Waals surface area contributed by atoms with E-state index in [1.165, 1.54) is 23.2 Å². The number of halogens is 1. The van der Waals surface area contributed by atoms with Gasteiger partial charge in [-0.1, -0.05) is 30.3 Å². The highest BCUT2D eigenvalue weighted by molar-refractivity contribution is 5.95. The quantitative estimate of drug-likeness (QED) is 0.469. The maximum atomic E-state index is 12.1. The van der Waals surface area contributed by atoms with Gasteiger partial charge < -0.3 is 4.74 Å². The second kappa shape index (κ2) is 6.51. The van der Waals surface area contributed by atoms with Crippen LogP contribution in [-0.2, 0) is 11.3 Å². The molecule has 0 N–H and O–H groups in total. The summed E-state index contributed by atoms with van der Waals surface area (Å²) in [7, 11) is 0. The van der Waals surface area contributed by atoms with Crippen LogP contribution >= 0.6 is 0 Å². The molecule has 1 aromatic carbocycles. The fourth-order valence-electron chi connectivity index (χ4n) is 1.69. The first kappa shape index (κ1) is 13.8. The Bertz CT molecular complexity index is 617. The minimum absolute atomic E-state index is 0.0226. The van der Waals surface area contributed by atoms with Crippen molar-refractivity contribution in [3.05, 3.63) is 60.2 Å². The number of hydrogen-bond acceptors (Lipinski definition) is 4. The lowest BCUT2D eigenvalue weighted by molar-refractivity contribution is -0.686. The Morgan fingerprint density at radius 2 is 2.00 bits per heavy atom. The molecule has 0 spiro atoms. The van der Waals surface area contributed by atoms with Crippen LogP contribution in [0.3, 0.4) is 0 Å². The van der Waals surface area contributed by atoms with E-state index in [-0.39, 0.29) is 18.0 Å². The van der Waals surface area contributed by atoms with Gasteiger partial charge in [-0.25, -0.2) is 9.18 Å². The topological polar surface area (TPSA) is 60.1 Å². The zero-order valence-corrected chi connectivity index (χ0v) is 10.5. The van der Waals surface area contributed by atoms with E-state index in [1.54, 1.807) is 30.3 Å². The van der Waals surface area contributed by atoms with Gasteiger partial charge in [0.1, 0.15) is 6.20 Å². The van der Waals surface area contributed by atoms with E-state index in [2.05, 4.69) is 9.72 Å². The molecule has 0 unspecified atom stereocenters. The summed E-state index contributed by atoms with van der Waals surface area (Å²) in [5, 5.41) is 0. The van der Waals surface area contributed by atoms with Gasteiger partial charge in [-0.15, -0.1) is 0 Å². The molecule has 1 aromatic heterocycles. The van der Waals surface area contributed by atoms with E-state index in [0.29, 0.717) is 5.56 Å². The van der Waals surface area contributed by atoms with Crippen molar-refractivity contribution in [3.8, 4) is 0 Å². The molecule has 0 aliphatic heterocycles. The van der Waals surface area contributed by atoms with Crippen LogP contribution in [0.2, 0.25) is 0 Å². The largest absolute Gasteiger partial charge is 0.426 e. The monoisotopic (exact) mass is 275 g/mol. The van der Waals surface area contributed by atoms with E-state index >= 15 is 0 Å². The lowest BCUT2D eigenvalue weighted by Gasteiger charge is -2.02. The second-order valence-corrected chi connectivity index (χ2v) is 3.92. The van der Waals surface area contributed by atoms with E-state index < -0.39 is 12.8 Å². The van der Waals surface area contributed by atoms with Crippen molar-refractivity contribution in [2.24, 2.45) is 0 Å². The first-order valence-electron chi connectivity index (χ1n) is 5.87. The molecule has 0 aliphatic carbocycles. The molecule has 0 fully saturated rings. The first-order valence-corrected chi connectivity index (χ1v) is 5.87. The molecule has 5 nitrogen and oxygen atoms in total. The number of nitrogens with zero attached hydrogens (tertiary/aromatic N) is 2. The number of benzene rings is 1. The molecule has 6 heteroatoms. The second-order valence-electron chi connectivity index (χ2n) is 3.92. The first-order chi connectivity index (χ1) is 9.72. The molecular weight excluding hydrogens is 263 g/mol. The van der Waals surface area contributed by atoms with Crippen molar-refractivity contribution >= 4 is 11.8 Å². The Morgan fingerprint density at radius 3 is 2.70 bits per heavy atom. The third-order valence-electron chi connectivity index (χ3n) is 2.64. The molecule has 2 rings (SSSR count). The third-order valence-corrected chi connectivity index (χ3v) is 2.64. The van der Waals surface area contributed by atoms with Gasteiger partial charge in [-0.05, 0) is 0 Å². The normalized spacial score (nSPS) is 10.1. The molecular formula is C14H12FN2O3+. The van der Waals surface area contributed by atoms with Gasteiger partial charge in [0.25, 0.3) is 0 Å². The van der Waals surface area contributed by atoms with Gasteiger partial charge in [0, 0.05) is 5.56 Å². The van der Waals surface area contributed by atoms with Crippen LogP contribution in [0.25, 0.3) is 0 Å². The summed E-state index contributed by atoms with van der Waals surface area (Å²) in [6.07, 6.45) is 4.14. The predicted octanol–water partition coefficient (Wildman–Crippen LogP) is 1.34. The van der Waals surface area contributed by atoms with Crippen LogP contribution in [0, 0.1) is 0 Å². The number of ketones is 1. The molecule has 2 aromatic rings. The number of hydrogen-bond donors (Lipinski definition) is 0. The SMILES string of the molecule is O=C(C[n+]1ccncc1C(=O)OCF)c1ccccc1. The van der Waals surface area contributed by atoms with Crippen LogP contribution in [-0.4, -0.2) is 23.6 Å². The van der Waals surface area contributed by atoms with Gasteiger partial charge in [-0.2, -0.15) is 4.57 Å². The molecule has 102 valence electrons. The summed E-state index contributed by atoms with van der Waals surface area (Å²) >= 11 is 0. The highest BCUT2D eigenvalue weighted by Crippen LogP contribution is 2.01. The summed E-state index contributed by atoms with van der Waals surface area (Å²) < 4.78 is 17.7. The van der Waals surface area contributed by atoms with E-state index in [4.69, 9.17) is 0 Å². The van der Waals surface area contributed by atoms with Crippen molar-refractivity contribution < 1.29 is 23.3 Å². The number of Topliss-reactive ketones (excluding diaryl/α,β-unsaturated/α-hetero) is 1. The third kappa shape index (κ3) is 3.23. The van der Waals surface area contributed by atoms with E-state index in [1.807, 2.05) is 0 Å². The molecule has 0 radical (unpaired) electrons. The fraction of sp³-hybridized carbons (Fsp3) is 0.143. The lowest BCUT2D eigenvalue weighted by atomic mass is 10.1. The lowest BCUT2D eigenvalue weighted by Crippen LogP contribution is -2.44. The van der Waals surface area contributed by atoms with Gasteiger partial charge in [-0.3, -0.25) is 9.78 Å². The zero-order chi connectivity index (χ0) is 14.4. The molecule has 0 bridgehead atoms. The van der Waals surface area contributed by atoms with Crippen LogP contribution in [0.1, 0.15) is 20.8 Å². The Morgan fingerprint density at radius 1 is 1.25 bits per heavy atom. The van der Waals surface area contributed by atoms with Gasteiger partial charge >= 0.3 is 11.7 Å². The number of carbonyl (C=O) groups is 2. The highest BCUT2D eigenvalue weighted by atomic mass is 19.1. The maximum Gasteiger partial charge on any atom is 0.407 e. The maximum absolute atomic E-state index is 12.1. The van der Waals surface area contributed by atoms with Crippen LogP contribution in [0.5, 0.6) is 0 Å². The van der Waals surface area contributed by atoms with Crippen molar-refractivity contribution in [1.82, 2.24) is 4.98 Å². The van der Waals surface area contributed by atoms with E-state index in [0.717, 1.165) is 0 Å². The number of alkyl halides is 1. The average Bonchev–Trinajstić information content (AvgIpc) is 2.49. The molecule has 20 heavy (non-hydrogen) atoms. The van der Waals surface area contributed by atoms with Gasteiger partial charge in [0.2, 0.25) is 19.2 Å². The number of carbonyl (C=O) groups excluding carboxylic acids is 2. The van der Waals surface area contributed by atoms with Crippen molar-refractivity contribution in [3.63, 3.8) is 0 Å². The number of esters is 1. The number of ether oxygens (including phenoxy) is 1. The van der Waals surface area contributed by atoms with Gasteiger partial charge in [0.05, 0.1) is 6.20 Å². The Balaban J connectivity index is 2.21. The fourth-order valence-corrected chi connectivity index (χ4v) is 1.69. The van der Waals surface area contributed by atoms with Gasteiger partial charge in [0.15, 0.2) is 6.20 Å². The minimum atomic E-state index is -1.22. The van der Waals surface area contributed by atoms with Crippen molar-refractivity contribution in [1.29, 1.82) is 0 Å². The van der Waals surface area contributed by atoms with Crippen LogP contribution in [0.4, 0.5) is 4.39 Å². The summed E-state index contributed by atoms with van der Waals surface area (Å²) in [6.45, 7) is -1.27. The summed E-state index contributed by atoms with van der Waals surface area (Å²) in [4.78, 5) is 27.4. The molecule has 0 aliphatic rings. The standard InChI is InChI=1S/C14H12FN2O3/c15-10-20-14(19)12-8-16-6-7-17(12)9-13(18)11-4-2-1-3-5-11/h1-8H,9-10H2/q+1. The van der Waals surface area contributed by atoms with Crippen LogP contribution < -0.4 is 4.57 Å². The molecule has 0 saturated carbocycles. The Hall–Kier alpha value is -2.63. The Kier molecular flexibility index (Phi) is 4.49. The zero-order valence-electron chi connectivity index (χ0n) is 10.5. The summed E-state index contributed by atoms with van der Waals surface area (Å²) in [6, 6.07) is 8.68. The highest BCUT2D eigenvalue weighted by Gasteiger charge is 2.23. The summed E-state index contributed by atoms with van der Waals surface area (Å²) in [5.41, 5.74) is 0.552. The minimum Gasteiger partial charge on any atom is -0.426 e. The molecule has 1 heterocycles. The van der Waals surface area contributed by atoms with Crippen molar-refractivity contribution in [2.45, 2.75) is 6.54 Å². The smallest absolute Gasteiger partial charge is 0.407 e. The summed E-state index contributed by atoms with van der Waals surface area (Å²) in [5.74, 6) is -1.03. The Labute approximate surface area is 114 Å². The number of aromatic nitrogens is 2. The van der Waals surface area contributed by atoms with Crippen LogP contribution in [0.15, 0.2) is 48.9 Å². The van der Waals surface area contributed by atoms with Crippen molar-refractivity contribution in [2.75, 3.05) is 6.86 Å². The van der Waals surface area contributed by atoms with E-state index in [9.17, 15) is 14.0 Å². The molecule has 0 atom stereocenters. The number of rotatable bonds is 5.